The minimum Gasteiger partial charge on any atom is -0.351 e. The zero-order valence-electron chi connectivity index (χ0n) is 9.13. The topological polar surface area (TPSA) is 110 Å². The van der Waals surface area contributed by atoms with Gasteiger partial charge >= 0.3 is 12.1 Å². The number of nitrogens with two attached hydrogens (primary N) is 2. The molecule has 0 aliphatic rings. The summed E-state index contributed by atoms with van der Waals surface area (Å²) >= 11 is 0. The first-order valence-electron chi connectivity index (χ1n) is 4.37. The van der Waals surface area contributed by atoms with E-state index in [0.29, 0.717) is 12.1 Å². The van der Waals surface area contributed by atoms with Gasteiger partial charge in [-0.05, 0) is 0 Å². The summed E-state index contributed by atoms with van der Waals surface area (Å²) in [6.07, 6.45) is 0. The molecule has 0 spiro atoms. The van der Waals surface area contributed by atoms with Crippen LogP contribution in [0.5, 0.6) is 0 Å². The van der Waals surface area contributed by atoms with Crippen molar-refractivity contribution in [1.82, 2.24) is 10.6 Å². The molecular formula is C8H20N4O2. The summed E-state index contributed by atoms with van der Waals surface area (Å²) in [6, 6.07) is -0.625. The lowest BCUT2D eigenvalue weighted by molar-refractivity contribution is 0.236. The van der Waals surface area contributed by atoms with Gasteiger partial charge in [0.1, 0.15) is 0 Å². The van der Waals surface area contributed by atoms with Gasteiger partial charge in [0.15, 0.2) is 0 Å². The van der Waals surface area contributed by atoms with Gasteiger partial charge in [-0.3, -0.25) is 5.32 Å². The highest BCUT2D eigenvalue weighted by Crippen LogP contribution is 1.80. The van der Waals surface area contributed by atoms with E-state index in [1.54, 1.807) is 5.32 Å². The zero-order valence-corrected chi connectivity index (χ0v) is 9.13. The number of hydrogen-bond donors (Lipinski definition) is 4. The van der Waals surface area contributed by atoms with Gasteiger partial charge in [0.2, 0.25) is 0 Å². The first-order valence-corrected chi connectivity index (χ1v) is 4.37. The lowest BCUT2D eigenvalue weighted by atomic mass is 10.3. The summed E-state index contributed by atoms with van der Waals surface area (Å²) < 4.78 is 0. The van der Waals surface area contributed by atoms with E-state index >= 15 is 0 Å². The average molecular weight is 204 g/mol. The number of carbonyl (C=O) groups excluding carboxylic acids is 2. The molecule has 0 rings (SSSR count). The summed E-state index contributed by atoms with van der Waals surface area (Å²) in [5.41, 5.74) is 8.88. The van der Waals surface area contributed by atoms with Crippen LogP contribution in [0.2, 0.25) is 0 Å². The van der Waals surface area contributed by atoms with Crippen molar-refractivity contribution in [1.29, 1.82) is 0 Å². The smallest absolute Gasteiger partial charge is 0.320 e. The summed E-state index contributed by atoms with van der Waals surface area (Å²) in [5.74, 6) is 0. The Labute approximate surface area is 84.4 Å². The molecule has 0 heterocycles. The summed E-state index contributed by atoms with van der Waals surface area (Å²) in [5, 5.41) is 4.89. The first kappa shape index (κ1) is 15.2. The molecule has 0 aromatic carbocycles. The predicted molar refractivity (Wildman–Crippen MR) is 55.7 cm³/mol. The molecule has 0 aromatic heterocycles. The molecule has 4 amide bonds. The summed E-state index contributed by atoms with van der Waals surface area (Å²) in [7, 11) is 0. The minimum atomic E-state index is -0.938. The van der Waals surface area contributed by atoms with Crippen LogP contribution in [0.4, 0.5) is 9.59 Å². The monoisotopic (exact) mass is 204 g/mol. The second-order valence-corrected chi connectivity index (χ2v) is 3.33. The predicted octanol–water partition coefficient (Wildman–Crippen LogP) is 0.126. The van der Waals surface area contributed by atoms with Crippen LogP contribution in [0.3, 0.4) is 0 Å². The fourth-order valence-corrected chi connectivity index (χ4v) is 0.788. The molecule has 0 saturated heterocycles. The molecule has 0 fully saturated rings. The molecule has 0 bridgehead atoms. The van der Waals surface area contributed by atoms with E-state index < -0.39 is 12.1 Å². The quantitative estimate of drug-likeness (QED) is 0.513. The largest absolute Gasteiger partial charge is 0.351 e. The number of amides is 4. The second-order valence-electron chi connectivity index (χ2n) is 3.33. The maximum absolute atomic E-state index is 9.62. The summed E-state index contributed by atoms with van der Waals surface area (Å²) in [4.78, 5) is 19.2. The number of hydrogen-bond acceptors (Lipinski definition) is 3. The van der Waals surface area contributed by atoms with Gasteiger partial charge in [-0.2, -0.15) is 0 Å². The van der Waals surface area contributed by atoms with Crippen molar-refractivity contribution in [3.8, 4) is 0 Å². The Bertz CT molecular complexity index is 162. The van der Waals surface area contributed by atoms with Gasteiger partial charge in [0.25, 0.3) is 0 Å². The van der Waals surface area contributed by atoms with Gasteiger partial charge in [-0.1, -0.05) is 27.7 Å². The molecule has 0 unspecified atom stereocenters. The number of urea groups is 2. The highest BCUT2D eigenvalue weighted by molar-refractivity contribution is 5.91. The van der Waals surface area contributed by atoms with Crippen LogP contribution in [0.25, 0.3) is 0 Å². The van der Waals surface area contributed by atoms with Crippen molar-refractivity contribution in [2.45, 2.75) is 39.8 Å². The molecule has 0 aliphatic heterocycles. The van der Waals surface area contributed by atoms with Crippen molar-refractivity contribution in [3.63, 3.8) is 0 Å². The number of nitrogens with one attached hydrogen (secondary N) is 2. The maximum Gasteiger partial charge on any atom is 0.320 e. The molecule has 6 N–H and O–H groups in total. The Kier molecular flexibility index (Phi) is 9.01. The maximum atomic E-state index is 9.62. The molecule has 14 heavy (non-hydrogen) atoms. The Morgan fingerprint density at radius 2 is 1.21 bits per heavy atom. The summed E-state index contributed by atoms with van der Waals surface area (Å²) in [6.45, 7) is 8.61. The molecule has 6 nitrogen and oxygen atoms in total. The highest BCUT2D eigenvalue weighted by Gasteiger charge is 1.92. The standard InChI is InChI=1S/C6H15N.C2H5N3O2/c1-5(2)7-6(3)4;3-1(6)5-2(4)7/h5-7H,1-4H3;(H5,3,4,5,6,7). The van der Waals surface area contributed by atoms with Crippen LogP contribution in [-0.2, 0) is 0 Å². The van der Waals surface area contributed by atoms with E-state index in [-0.39, 0.29) is 0 Å². The van der Waals surface area contributed by atoms with Gasteiger partial charge in [0, 0.05) is 12.1 Å². The van der Waals surface area contributed by atoms with Crippen LogP contribution in [-0.4, -0.2) is 24.1 Å². The van der Waals surface area contributed by atoms with Gasteiger partial charge < -0.3 is 16.8 Å². The molecule has 0 atom stereocenters. The van der Waals surface area contributed by atoms with Crippen molar-refractivity contribution in [3.05, 3.63) is 0 Å². The molecular weight excluding hydrogens is 184 g/mol. The van der Waals surface area contributed by atoms with Crippen molar-refractivity contribution >= 4 is 12.1 Å². The van der Waals surface area contributed by atoms with Crippen LogP contribution in [0.1, 0.15) is 27.7 Å². The molecule has 84 valence electrons. The first-order chi connectivity index (χ1) is 6.25. The number of carbonyl (C=O) groups is 2. The van der Waals surface area contributed by atoms with E-state index in [9.17, 15) is 9.59 Å². The number of rotatable bonds is 2. The molecule has 0 saturated carbocycles. The Morgan fingerprint density at radius 3 is 1.21 bits per heavy atom. The fraction of sp³-hybridized carbons (Fsp3) is 0.750. The fourth-order valence-electron chi connectivity index (χ4n) is 0.788. The molecule has 0 aliphatic carbocycles. The van der Waals surface area contributed by atoms with Gasteiger partial charge in [-0.15, -0.1) is 0 Å². The third-order valence-corrected chi connectivity index (χ3v) is 0.913. The Hall–Kier alpha value is -1.30. The third-order valence-electron chi connectivity index (χ3n) is 0.913. The third kappa shape index (κ3) is 22.4. The SMILES string of the molecule is CC(C)NC(C)C.NC(=O)NC(N)=O. The van der Waals surface area contributed by atoms with Crippen LogP contribution in [0, 0.1) is 0 Å². The molecule has 0 radical (unpaired) electrons. The molecule has 6 heteroatoms. The number of primary amides is 2. The molecule has 0 aromatic rings. The minimum absolute atomic E-state index is 0.625. The van der Waals surface area contributed by atoms with Crippen molar-refractivity contribution < 1.29 is 9.59 Å². The van der Waals surface area contributed by atoms with Crippen molar-refractivity contribution in [2.24, 2.45) is 11.5 Å². The van der Waals surface area contributed by atoms with E-state index in [1.807, 2.05) is 0 Å². The second kappa shape index (κ2) is 8.31. The van der Waals surface area contributed by atoms with E-state index in [2.05, 4.69) is 44.5 Å². The lowest BCUT2D eigenvalue weighted by Gasteiger charge is -2.10. The zero-order chi connectivity index (χ0) is 11.7. The van der Waals surface area contributed by atoms with E-state index in [4.69, 9.17) is 0 Å². The normalized spacial score (nSPS) is 9.29. The van der Waals surface area contributed by atoms with Gasteiger partial charge in [0.05, 0.1) is 0 Å². The van der Waals surface area contributed by atoms with E-state index in [0.717, 1.165) is 0 Å². The van der Waals surface area contributed by atoms with Crippen LogP contribution < -0.4 is 22.1 Å². The lowest BCUT2D eigenvalue weighted by Crippen LogP contribution is -2.38. The van der Waals surface area contributed by atoms with Crippen LogP contribution >= 0.6 is 0 Å². The van der Waals surface area contributed by atoms with E-state index in [1.165, 1.54) is 0 Å². The Morgan fingerprint density at radius 1 is 0.929 bits per heavy atom. The van der Waals surface area contributed by atoms with Crippen molar-refractivity contribution in [2.75, 3.05) is 0 Å². The number of imide groups is 1. The van der Waals surface area contributed by atoms with Crippen LogP contribution in [0.15, 0.2) is 0 Å². The highest BCUT2D eigenvalue weighted by atomic mass is 16.2. The average Bonchev–Trinajstić information content (AvgIpc) is 1.79. The van der Waals surface area contributed by atoms with Gasteiger partial charge in [-0.25, -0.2) is 9.59 Å². The Balaban J connectivity index is 0.